The van der Waals surface area contributed by atoms with E-state index in [9.17, 15) is 9.59 Å². The maximum atomic E-state index is 11.3. The van der Waals surface area contributed by atoms with Crippen molar-refractivity contribution in [3.05, 3.63) is 29.3 Å². The Morgan fingerprint density at radius 3 is 2.89 bits per heavy atom. The van der Waals surface area contributed by atoms with Crippen molar-refractivity contribution in [2.45, 2.75) is 19.8 Å². The van der Waals surface area contributed by atoms with Crippen LogP contribution >= 0.6 is 0 Å². The summed E-state index contributed by atoms with van der Waals surface area (Å²) in [5, 5.41) is 0. The van der Waals surface area contributed by atoms with Crippen LogP contribution < -0.4 is 10.6 Å². The molecule has 4 heteroatoms. The highest BCUT2D eigenvalue weighted by molar-refractivity contribution is 5.79. The van der Waals surface area contributed by atoms with E-state index in [1.54, 1.807) is 0 Å². The number of carbonyl (C=O) groups excluding carboxylic acids is 2. The Balaban J connectivity index is 2.20. The van der Waals surface area contributed by atoms with Crippen molar-refractivity contribution in [2.75, 3.05) is 18.0 Å². The van der Waals surface area contributed by atoms with E-state index in [4.69, 9.17) is 5.73 Å². The summed E-state index contributed by atoms with van der Waals surface area (Å²) in [5.41, 5.74) is 8.21. The molecule has 4 nitrogen and oxygen atoms in total. The van der Waals surface area contributed by atoms with Gasteiger partial charge in [0.15, 0.2) is 0 Å². The fourth-order valence-electron chi connectivity index (χ4n) is 2.53. The number of amides is 1. The monoisotopic (exact) mass is 246 g/mol. The number of rotatable bonds is 3. The molecule has 0 radical (unpaired) electrons. The van der Waals surface area contributed by atoms with Crippen LogP contribution in [0.15, 0.2) is 18.2 Å². The first kappa shape index (κ1) is 12.6. The fraction of sp³-hybridized carbons (Fsp3) is 0.429. The van der Waals surface area contributed by atoms with E-state index in [0.29, 0.717) is 12.1 Å². The molecular weight excluding hydrogens is 228 g/mol. The molecule has 0 aromatic heterocycles. The standard InChI is InChI=1S/C14H18N2O2/c1-10-7-11(9-17)4-5-13(10)16-6-2-3-12(8-16)14(15)18/h4-5,7,9,12H,2-3,6,8H2,1H3,(H2,15,18). The zero-order valence-corrected chi connectivity index (χ0v) is 10.6. The number of hydrogen-bond donors (Lipinski definition) is 1. The Bertz CT molecular complexity index is 471. The van der Waals surface area contributed by atoms with E-state index < -0.39 is 0 Å². The number of aryl methyl sites for hydroxylation is 1. The second-order valence-corrected chi connectivity index (χ2v) is 4.85. The number of nitrogens with zero attached hydrogens (tertiary/aromatic N) is 1. The van der Waals surface area contributed by atoms with Gasteiger partial charge in [-0.05, 0) is 43.5 Å². The molecule has 0 saturated carbocycles. The Morgan fingerprint density at radius 1 is 1.50 bits per heavy atom. The minimum Gasteiger partial charge on any atom is -0.371 e. The van der Waals surface area contributed by atoms with Gasteiger partial charge in [-0.15, -0.1) is 0 Å². The van der Waals surface area contributed by atoms with E-state index in [1.807, 2.05) is 25.1 Å². The SMILES string of the molecule is Cc1cc(C=O)ccc1N1CCCC(C(N)=O)C1. The third-order valence-corrected chi connectivity index (χ3v) is 3.52. The van der Waals surface area contributed by atoms with Crippen LogP contribution in [-0.2, 0) is 4.79 Å². The summed E-state index contributed by atoms with van der Waals surface area (Å²) in [6.45, 7) is 3.60. The lowest BCUT2D eigenvalue weighted by Gasteiger charge is -2.34. The van der Waals surface area contributed by atoms with E-state index >= 15 is 0 Å². The van der Waals surface area contributed by atoms with Gasteiger partial charge in [0, 0.05) is 24.3 Å². The van der Waals surface area contributed by atoms with Crippen molar-refractivity contribution in [1.29, 1.82) is 0 Å². The summed E-state index contributed by atoms with van der Waals surface area (Å²) in [6, 6.07) is 5.63. The number of carbonyl (C=O) groups is 2. The van der Waals surface area contributed by atoms with Gasteiger partial charge in [0.25, 0.3) is 0 Å². The average molecular weight is 246 g/mol. The molecule has 1 aromatic rings. The van der Waals surface area contributed by atoms with Gasteiger partial charge in [-0.25, -0.2) is 0 Å². The van der Waals surface area contributed by atoms with E-state index in [1.165, 1.54) is 0 Å². The third kappa shape index (κ3) is 2.53. The van der Waals surface area contributed by atoms with Gasteiger partial charge >= 0.3 is 0 Å². The maximum Gasteiger partial charge on any atom is 0.222 e. The minimum atomic E-state index is -0.220. The predicted molar refractivity (Wildman–Crippen MR) is 70.7 cm³/mol. The number of aldehydes is 1. The number of benzene rings is 1. The maximum absolute atomic E-state index is 11.3. The van der Waals surface area contributed by atoms with Crippen LogP contribution in [-0.4, -0.2) is 25.3 Å². The topological polar surface area (TPSA) is 63.4 Å². The Morgan fingerprint density at radius 2 is 2.28 bits per heavy atom. The zero-order valence-electron chi connectivity index (χ0n) is 10.6. The number of nitrogens with two attached hydrogens (primary N) is 1. The molecule has 1 fully saturated rings. The molecule has 0 spiro atoms. The van der Waals surface area contributed by atoms with Crippen molar-refractivity contribution in [1.82, 2.24) is 0 Å². The van der Waals surface area contributed by atoms with Gasteiger partial charge in [-0.2, -0.15) is 0 Å². The number of anilines is 1. The molecule has 1 aromatic carbocycles. The van der Waals surface area contributed by atoms with Crippen LogP contribution in [0.2, 0.25) is 0 Å². The van der Waals surface area contributed by atoms with Crippen molar-refractivity contribution in [3.8, 4) is 0 Å². The van der Waals surface area contributed by atoms with Crippen LogP contribution in [0.4, 0.5) is 5.69 Å². The Hall–Kier alpha value is -1.84. The zero-order chi connectivity index (χ0) is 13.1. The molecular formula is C14H18N2O2. The summed E-state index contributed by atoms with van der Waals surface area (Å²) < 4.78 is 0. The lowest BCUT2D eigenvalue weighted by atomic mass is 9.96. The van der Waals surface area contributed by atoms with Crippen molar-refractivity contribution in [3.63, 3.8) is 0 Å². The second-order valence-electron chi connectivity index (χ2n) is 4.85. The van der Waals surface area contributed by atoms with Crippen LogP contribution in [0.5, 0.6) is 0 Å². The Kier molecular flexibility index (Phi) is 3.65. The Labute approximate surface area is 107 Å². The molecule has 0 aliphatic carbocycles. The summed E-state index contributed by atoms with van der Waals surface area (Å²) in [4.78, 5) is 24.2. The second kappa shape index (κ2) is 5.21. The third-order valence-electron chi connectivity index (χ3n) is 3.52. The first-order valence-electron chi connectivity index (χ1n) is 6.22. The molecule has 2 N–H and O–H groups in total. The lowest BCUT2D eigenvalue weighted by molar-refractivity contribution is -0.122. The van der Waals surface area contributed by atoms with Gasteiger partial charge in [0.2, 0.25) is 5.91 Å². The van der Waals surface area contributed by atoms with Gasteiger partial charge in [0.1, 0.15) is 6.29 Å². The lowest BCUT2D eigenvalue weighted by Crippen LogP contribution is -2.41. The highest BCUT2D eigenvalue weighted by atomic mass is 16.1. The normalized spacial score (nSPS) is 19.6. The largest absolute Gasteiger partial charge is 0.371 e. The van der Waals surface area contributed by atoms with Crippen LogP contribution in [0.3, 0.4) is 0 Å². The number of piperidine rings is 1. The van der Waals surface area contributed by atoms with E-state index in [-0.39, 0.29) is 11.8 Å². The van der Waals surface area contributed by atoms with Crippen molar-refractivity contribution >= 4 is 17.9 Å². The predicted octanol–water partition coefficient (Wildman–Crippen LogP) is 1.51. The van der Waals surface area contributed by atoms with Crippen LogP contribution in [0.25, 0.3) is 0 Å². The number of hydrogen-bond acceptors (Lipinski definition) is 3. The highest BCUT2D eigenvalue weighted by Crippen LogP contribution is 2.26. The minimum absolute atomic E-state index is 0.0658. The molecule has 0 bridgehead atoms. The first-order chi connectivity index (χ1) is 8.61. The summed E-state index contributed by atoms with van der Waals surface area (Å²) >= 11 is 0. The fourth-order valence-corrected chi connectivity index (χ4v) is 2.53. The molecule has 1 saturated heterocycles. The van der Waals surface area contributed by atoms with Gasteiger partial charge in [0.05, 0.1) is 5.92 Å². The quantitative estimate of drug-likeness (QED) is 0.822. The molecule has 1 aliphatic rings. The first-order valence-corrected chi connectivity index (χ1v) is 6.22. The van der Waals surface area contributed by atoms with Gasteiger partial charge < -0.3 is 10.6 Å². The molecule has 1 aliphatic heterocycles. The van der Waals surface area contributed by atoms with Crippen molar-refractivity contribution < 1.29 is 9.59 Å². The molecule has 2 rings (SSSR count). The van der Waals surface area contributed by atoms with Crippen LogP contribution in [0.1, 0.15) is 28.8 Å². The van der Waals surface area contributed by atoms with Crippen molar-refractivity contribution in [2.24, 2.45) is 11.7 Å². The highest BCUT2D eigenvalue weighted by Gasteiger charge is 2.24. The molecule has 1 amide bonds. The number of primary amides is 1. The summed E-state index contributed by atoms with van der Waals surface area (Å²) in [6.07, 6.45) is 2.69. The summed E-state index contributed by atoms with van der Waals surface area (Å²) in [7, 11) is 0. The molecule has 1 unspecified atom stereocenters. The summed E-state index contributed by atoms with van der Waals surface area (Å²) in [5.74, 6) is -0.286. The molecule has 1 heterocycles. The van der Waals surface area contributed by atoms with Crippen LogP contribution in [0, 0.1) is 12.8 Å². The molecule has 96 valence electrons. The molecule has 18 heavy (non-hydrogen) atoms. The molecule has 1 atom stereocenters. The van der Waals surface area contributed by atoms with Gasteiger partial charge in [-0.1, -0.05) is 0 Å². The van der Waals surface area contributed by atoms with E-state index in [2.05, 4.69) is 4.90 Å². The van der Waals surface area contributed by atoms with Gasteiger partial charge in [-0.3, -0.25) is 9.59 Å². The smallest absolute Gasteiger partial charge is 0.222 e. The average Bonchev–Trinajstić information content (AvgIpc) is 2.38. The van der Waals surface area contributed by atoms with E-state index in [0.717, 1.165) is 36.9 Å².